The second-order valence-corrected chi connectivity index (χ2v) is 3.24. The molecule has 2 amide bonds. The number of rotatable bonds is 6. The molecule has 0 aliphatic heterocycles. The van der Waals surface area contributed by atoms with Crippen LogP contribution >= 0.6 is 0 Å². The van der Waals surface area contributed by atoms with Gasteiger partial charge in [0, 0.05) is 13.0 Å². The monoisotopic (exact) mass is 240 g/mol. The van der Waals surface area contributed by atoms with Crippen molar-refractivity contribution in [2.75, 3.05) is 19.7 Å². The SMILES string of the molecule is CCOC(=O)CNC(=O)NCCc1ccco1. The van der Waals surface area contributed by atoms with Crippen LogP contribution in [0.3, 0.4) is 0 Å². The predicted molar refractivity (Wildman–Crippen MR) is 60.4 cm³/mol. The maximum absolute atomic E-state index is 11.2. The van der Waals surface area contributed by atoms with Crippen LogP contribution in [0.4, 0.5) is 4.79 Å². The van der Waals surface area contributed by atoms with Crippen molar-refractivity contribution in [1.29, 1.82) is 0 Å². The fourth-order valence-corrected chi connectivity index (χ4v) is 1.18. The van der Waals surface area contributed by atoms with E-state index in [9.17, 15) is 9.59 Å². The van der Waals surface area contributed by atoms with E-state index >= 15 is 0 Å². The molecule has 0 saturated carbocycles. The summed E-state index contributed by atoms with van der Waals surface area (Å²) >= 11 is 0. The van der Waals surface area contributed by atoms with Crippen LogP contribution in [0.2, 0.25) is 0 Å². The van der Waals surface area contributed by atoms with Gasteiger partial charge in [-0.25, -0.2) is 4.79 Å². The van der Waals surface area contributed by atoms with Crippen LogP contribution in [0.1, 0.15) is 12.7 Å². The Kier molecular flexibility index (Phi) is 5.63. The van der Waals surface area contributed by atoms with Gasteiger partial charge in [0.25, 0.3) is 0 Å². The molecule has 0 aliphatic carbocycles. The molecule has 1 rings (SSSR count). The molecule has 0 bridgehead atoms. The molecule has 1 aromatic rings. The fraction of sp³-hybridized carbons (Fsp3) is 0.455. The number of furan rings is 1. The Morgan fingerprint density at radius 2 is 2.24 bits per heavy atom. The van der Waals surface area contributed by atoms with Gasteiger partial charge in [0.15, 0.2) is 0 Å². The summed E-state index contributed by atoms with van der Waals surface area (Å²) in [5, 5.41) is 4.99. The highest BCUT2D eigenvalue weighted by Gasteiger charge is 2.05. The minimum atomic E-state index is -0.450. The van der Waals surface area contributed by atoms with Gasteiger partial charge in [-0.2, -0.15) is 0 Å². The summed E-state index contributed by atoms with van der Waals surface area (Å²) in [5.41, 5.74) is 0. The Bertz CT molecular complexity index is 348. The average molecular weight is 240 g/mol. The van der Waals surface area contributed by atoms with E-state index < -0.39 is 12.0 Å². The van der Waals surface area contributed by atoms with Crippen LogP contribution in [0, 0.1) is 0 Å². The van der Waals surface area contributed by atoms with Gasteiger partial charge in [-0.1, -0.05) is 0 Å². The van der Waals surface area contributed by atoms with Gasteiger partial charge >= 0.3 is 12.0 Å². The van der Waals surface area contributed by atoms with E-state index in [1.165, 1.54) is 0 Å². The summed E-state index contributed by atoms with van der Waals surface area (Å²) in [5.74, 6) is 0.351. The van der Waals surface area contributed by atoms with Crippen molar-refractivity contribution in [2.45, 2.75) is 13.3 Å². The molecule has 6 nitrogen and oxygen atoms in total. The lowest BCUT2D eigenvalue weighted by Crippen LogP contribution is -2.39. The van der Waals surface area contributed by atoms with Crippen LogP contribution < -0.4 is 10.6 Å². The molecule has 0 radical (unpaired) electrons. The number of amides is 2. The van der Waals surface area contributed by atoms with E-state index in [4.69, 9.17) is 4.42 Å². The molecule has 17 heavy (non-hydrogen) atoms. The summed E-state index contributed by atoms with van der Waals surface area (Å²) in [6.45, 7) is 2.34. The van der Waals surface area contributed by atoms with E-state index in [1.54, 1.807) is 19.3 Å². The highest BCUT2D eigenvalue weighted by atomic mass is 16.5. The minimum Gasteiger partial charge on any atom is -0.469 e. The predicted octanol–water partition coefficient (Wildman–Crippen LogP) is 0.684. The van der Waals surface area contributed by atoms with Crippen molar-refractivity contribution < 1.29 is 18.7 Å². The first kappa shape index (κ1) is 13.1. The van der Waals surface area contributed by atoms with Crippen molar-refractivity contribution in [3.8, 4) is 0 Å². The number of urea groups is 1. The lowest BCUT2D eigenvalue weighted by atomic mass is 10.3. The molecule has 94 valence electrons. The van der Waals surface area contributed by atoms with Gasteiger partial charge in [0.2, 0.25) is 0 Å². The van der Waals surface area contributed by atoms with Gasteiger partial charge in [-0.05, 0) is 19.1 Å². The lowest BCUT2D eigenvalue weighted by molar-refractivity contribution is -0.141. The molecule has 0 saturated heterocycles. The third kappa shape index (κ3) is 5.60. The van der Waals surface area contributed by atoms with Crippen molar-refractivity contribution in [3.63, 3.8) is 0 Å². The molecule has 2 N–H and O–H groups in total. The van der Waals surface area contributed by atoms with Gasteiger partial charge in [-0.15, -0.1) is 0 Å². The Labute approximate surface area is 99.3 Å². The molecule has 0 aromatic carbocycles. The van der Waals surface area contributed by atoms with E-state index in [0.29, 0.717) is 19.6 Å². The standard InChI is InChI=1S/C11H16N2O4/c1-2-16-10(14)8-13-11(15)12-6-5-9-4-3-7-17-9/h3-4,7H,2,5-6,8H2,1H3,(H2,12,13,15). The lowest BCUT2D eigenvalue weighted by Gasteiger charge is -2.06. The van der Waals surface area contributed by atoms with Crippen LogP contribution in [0.25, 0.3) is 0 Å². The maximum Gasteiger partial charge on any atom is 0.325 e. The summed E-state index contributed by atoms with van der Waals surface area (Å²) in [6, 6.07) is 3.22. The zero-order valence-corrected chi connectivity index (χ0v) is 9.69. The van der Waals surface area contributed by atoms with E-state index in [-0.39, 0.29) is 6.54 Å². The maximum atomic E-state index is 11.2. The van der Waals surface area contributed by atoms with Gasteiger partial charge in [0.1, 0.15) is 12.3 Å². The average Bonchev–Trinajstić information content (AvgIpc) is 2.80. The summed E-state index contributed by atoms with van der Waals surface area (Å²) in [6.07, 6.45) is 2.19. The number of ether oxygens (including phenoxy) is 1. The molecule has 0 fully saturated rings. The number of hydrogen-bond donors (Lipinski definition) is 2. The largest absolute Gasteiger partial charge is 0.469 e. The van der Waals surface area contributed by atoms with Crippen LogP contribution in [0.5, 0.6) is 0 Å². The van der Waals surface area contributed by atoms with E-state index in [2.05, 4.69) is 15.4 Å². The zero-order valence-electron chi connectivity index (χ0n) is 9.69. The smallest absolute Gasteiger partial charge is 0.325 e. The second kappa shape index (κ2) is 7.32. The van der Waals surface area contributed by atoms with Crippen LogP contribution in [-0.2, 0) is 16.0 Å². The third-order valence-corrected chi connectivity index (χ3v) is 1.94. The first-order valence-electron chi connectivity index (χ1n) is 5.42. The zero-order chi connectivity index (χ0) is 12.5. The minimum absolute atomic E-state index is 0.125. The Hall–Kier alpha value is -1.98. The summed E-state index contributed by atoms with van der Waals surface area (Å²) < 4.78 is 9.76. The van der Waals surface area contributed by atoms with Crippen molar-refractivity contribution in [1.82, 2.24) is 10.6 Å². The number of carbonyl (C=O) groups excluding carboxylic acids is 2. The fourth-order valence-electron chi connectivity index (χ4n) is 1.18. The Balaban J connectivity index is 2.07. The molecule has 0 atom stereocenters. The third-order valence-electron chi connectivity index (χ3n) is 1.94. The van der Waals surface area contributed by atoms with Crippen molar-refractivity contribution >= 4 is 12.0 Å². The molecule has 6 heteroatoms. The first-order chi connectivity index (χ1) is 8.22. The molecular formula is C11H16N2O4. The van der Waals surface area contributed by atoms with E-state index in [1.807, 2.05) is 6.07 Å². The molecule has 0 unspecified atom stereocenters. The van der Waals surface area contributed by atoms with Gasteiger partial charge < -0.3 is 19.8 Å². The molecule has 1 heterocycles. The van der Waals surface area contributed by atoms with Crippen molar-refractivity contribution in [3.05, 3.63) is 24.2 Å². The van der Waals surface area contributed by atoms with Gasteiger partial charge in [0.05, 0.1) is 12.9 Å². The molecule has 0 spiro atoms. The molecule has 1 aromatic heterocycles. The number of nitrogens with one attached hydrogen (secondary N) is 2. The first-order valence-corrected chi connectivity index (χ1v) is 5.42. The molecule has 0 aliphatic rings. The van der Waals surface area contributed by atoms with E-state index in [0.717, 1.165) is 5.76 Å². The Morgan fingerprint density at radius 1 is 1.41 bits per heavy atom. The molecular weight excluding hydrogens is 224 g/mol. The van der Waals surface area contributed by atoms with Crippen molar-refractivity contribution in [2.24, 2.45) is 0 Å². The second-order valence-electron chi connectivity index (χ2n) is 3.24. The highest BCUT2D eigenvalue weighted by molar-refractivity contribution is 5.80. The summed E-state index contributed by atoms with van der Waals surface area (Å²) in [4.78, 5) is 22.1. The normalized spacial score (nSPS) is 9.71. The highest BCUT2D eigenvalue weighted by Crippen LogP contribution is 1.99. The van der Waals surface area contributed by atoms with Crippen LogP contribution in [-0.4, -0.2) is 31.7 Å². The topological polar surface area (TPSA) is 80.6 Å². The Morgan fingerprint density at radius 3 is 2.88 bits per heavy atom. The quantitative estimate of drug-likeness (QED) is 0.717. The summed E-state index contributed by atoms with van der Waals surface area (Å²) in [7, 11) is 0. The van der Waals surface area contributed by atoms with Crippen LogP contribution in [0.15, 0.2) is 22.8 Å². The van der Waals surface area contributed by atoms with Gasteiger partial charge in [-0.3, -0.25) is 4.79 Å². The number of carbonyl (C=O) groups is 2. The number of esters is 1. The number of hydrogen-bond acceptors (Lipinski definition) is 4.